The van der Waals surface area contributed by atoms with Gasteiger partial charge in [-0.25, -0.2) is 0 Å². The fraction of sp³-hybridized carbons (Fsp3) is 0.348. The molecule has 0 spiro atoms. The van der Waals surface area contributed by atoms with Gasteiger partial charge in [0.05, 0.1) is 22.2 Å². The number of carbonyl (C=O) groups excluding carboxylic acids is 1. The summed E-state index contributed by atoms with van der Waals surface area (Å²) in [6.07, 6.45) is 5.49. The number of unbranched alkanes of at least 4 members (excludes halogenated alkanes) is 3. The molecule has 164 valence electrons. The van der Waals surface area contributed by atoms with Gasteiger partial charge in [-0.05, 0) is 31.0 Å². The molecule has 0 aliphatic carbocycles. The molecule has 0 aliphatic heterocycles. The van der Waals surface area contributed by atoms with Crippen molar-refractivity contribution in [2.45, 2.75) is 46.1 Å². The summed E-state index contributed by atoms with van der Waals surface area (Å²) in [5, 5.41) is 20.3. The van der Waals surface area contributed by atoms with Crippen molar-refractivity contribution in [2.75, 3.05) is 6.61 Å². The van der Waals surface area contributed by atoms with Crippen LogP contribution in [0.15, 0.2) is 29.6 Å². The summed E-state index contributed by atoms with van der Waals surface area (Å²) in [6, 6.07) is 4.59. The maximum atomic E-state index is 13.2. The Morgan fingerprint density at radius 3 is 2.48 bits per heavy atom. The van der Waals surface area contributed by atoms with Gasteiger partial charge in [0.15, 0.2) is 11.5 Å². The van der Waals surface area contributed by atoms with E-state index in [1.807, 2.05) is 0 Å². The molecular formula is C23H24Cl2N2O4. The van der Waals surface area contributed by atoms with Crippen LogP contribution in [-0.2, 0) is 6.54 Å². The Morgan fingerprint density at radius 2 is 1.94 bits per heavy atom. The van der Waals surface area contributed by atoms with Gasteiger partial charge < -0.3 is 9.84 Å². The van der Waals surface area contributed by atoms with Crippen molar-refractivity contribution < 1.29 is 14.6 Å². The summed E-state index contributed by atoms with van der Waals surface area (Å²) in [6.45, 7) is 7.47. The van der Waals surface area contributed by atoms with E-state index in [-0.39, 0.29) is 44.6 Å². The molecule has 0 amide bonds. The van der Waals surface area contributed by atoms with E-state index in [0.717, 1.165) is 30.3 Å². The van der Waals surface area contributed by atoms with E-state index in [2.05, 4.69) is 13.5 Å². The Kier molecular flexibility index (Phi) is 8.73. The fourth-order valence-corrected chi connectivity index (χ4v) is 3.79. The summed E-state index contributed by atoms with van der Waals surface area (Å²) in [5.41, 5.74) is -0.916. The first-order chi connectivity index (χ1) is 14.8. The molecule has 0 saturated heterocycles. The van der Waals surface area contributed by atoms with Gasteiger partial charge >= 0.3 is 0 Å². The Hall–Kier alpha value is -2.75. The molecule has 0 saturated carbocycles. The van der Waals surface area contributed by atoms with E-state index in [0.29, 0.717) is 6.61 Å². The smallest absolute Gasteiger partial charge is 0.271 e. The van der Waals surface area contributed by atoms with Gasteiger partial charge in [-0.3, -0.25) is 14.2 Å². The minimum Gasteiger partial charge on any atom is -0.494 e. The Bertz CT molecular complexity index is 1080. The van der Waals surface area contributed by atoms with Crippen LogP contribution in [0, 0.1) is 18.3 Å². The number of aromatic hydroxyl groups is 1. The van der Waals surface area contributed by atoms with Crippen LogP contribution >= 0.6 is 23.2 Å². The lowest BCUT2D eigenvalue weighted by Crippen LogP contribution is -2.26. The third-order valence-corrected chi connectivity index (χ3v) is 5.41. The second-order valence-electron chi connectivity index (χ2n) is 7.02. The van der Waals surface area contributed by atoms with Crippen LogP contribution < -0.4 is 10.3 Å². The number of benzene rings is 1. The normalized spacial score (nSPS) is 10.5. The van der Waals surface area contributed by atoms with E-state index >= 15 is 0 Å². The lowest BCUT2D eigenvalue weighted by atomic mass is 9.97. The van der Waals surface area contributed by atoms with Crippen LogP contribution in [0.2, 0.25) is 10.0 Å². The number of ketones is 1. The number of allylic oxidation sites excluding steroid dienone is 1. The largest absolute Gasteiger partial charge is 0.494 e. The molecule has 0 radical (unpaired) electrons. The SMILES string of the molecule is C=CCn1c(O)c(C(=O)c2cc(Cl)c(OCCCCCC)c(Cl)c2)c(C)c(C#N)c1=O. The van der Waals surface area contributed by atoms with Crippen molar-refractivity contribution in [3.63, 3.8) is 0 Å². The predicted molar refractivity (Wildman–Crippen MR) is 122 cm³/mol. The quantitative estimate of drug-likeness (QED) is 0.289. The summed E-state index contributed by atoms with van der Waals surface area (Å²) in [4.78, 5) is 25.6. The highest BCUT2D eigenvalue weighted by Crippen LogP contribution is 2.36. The van der Waals surface area contributed by atoms with E-state index in [9.17, 15) is 20.0 Å². The zero-order valence-corrected chi connectivity index (χ0v) is 19.0. The molecule has 6 nitrogen and oxygen atoms in total. The lowest BCUT2D eigenvalue weighted by molar-refractivity contribution is 0.103. The molecule has 1 heterocycles. The number of nitrogens with zero attached hydrogens (tertiary/aromatic N) is 2. The lowest BCUT2D eigenvalue weighted by Gasteiger charge is -2.15. The second kappa shape index (κ2) is 11.0. The average molecular weight is 463 g/mol. The Balaban J connectivity index is 2.46. The zero-order valence-electron chi connectivity index (χ0n) is 17.5. The number of pyridine rings is 1. The standard InChI is InChI=1S/C23H24Cl2N2O4/c1-4-6-7-8-10-31-21-17(24)11-15(12-18(21)25)20(28)19-14(3)16(13-26)22(29)27(9-5-2)23(19)30/h5,11-12,30H,2,4,6-10H2,1,3H3. The summed E-state index contributed by atoms with van der Waals surface area (Å²) in [7, 11) is 0. The number of halogens is 2. The number of ether oxygens (including phenoxy) is 1. The molecular weight excluding hydrogens is 439 g/mol. The number of aromatic nitrogens is 1. The van der Waals surface area contributed by atoms with Crippen LogP contribution in [0.25, 0.3) is 0 Å². The Morgan fingerprint density at radius 1 is 1.29 bits per heavy atom. The zero-order chi connectivity index (χ0) is 23.1. The van der Waals surface area contributed by atoms with Gasteiger partial charge in [0.25, 0.3) is 5.56 Å². The van der Waals surface area contributed by atoms with Crippen LogP contribution in [0.3, 0.4) is 0 Å². The number of hydrogen-bond donors (Lipinski definition) is 1. The van der Waals surface area contributed by atoms with Crippen molar-refractivity contribution in [2.24, 2.45) is 0 Å². The summed E-state index contributed by atoms with van der Waals surface area (Å²) < 4.78 is 6.60. The first kappa shape index (κ1) is 24.5. The topological polar surface area (TPSA) is 92.3 Å². The van der Waals surface area contributed by atoms with Gasteiger partial charge in [-0.15, -0.1) is 6.58 Å². The maximum absolute atomic E-state index is 13.2. The van der Waals surface area contributed by atoms with Crippen LogP contribution in [0.5, 0.6) is 11.6 Å². The number of nitriles is 1. The molecule has 1 aromatic carbocycles. The Labute approximate surface area is 191 Å². The van der Waals surface area contributed by atoms with Gasteiger partial charge in [-0.1, -0.05) is 55.5 Å². The van der Waals surface area contributed by atoms with Gasteiger partial charge in [0.1, 0.15) is 11.6 Å². The van der Waals surface area contributed by atoms with E-state index < -0.39 is 17.2 Å². The monoisotopic (exact) mass is 462 g/mol. The van der Waals surface area contributed by atoms with E-state index in [4.69, 9.17) is 27.9 Å². The fourth-order valence-electron chi connectivity index (χ4n) is 3.20. The van der Waals surface area contributed by atoms with Crippen molar-refractivity contribution in [1.29, 1.82) is 5.26 Å². The molecule has 0 aliphatic rings. The van der Waals surface area contributed by atoms with Gasteiger partial charge in [0.2, 0.25) is 5.88 Å². The van der Waals surface area contributed by atoms with Crippen molar-refractivity contribution in [1.82, 2.24) is 4.57 Å². The number of carbonyl (C=O) groups is 1. The van der Waals surface area contributed by atoms with Gasteiger partial charge in [-0.2, -0.15) is 5.26 Å². The molecule has 31 heavy (non-hydrogen) atoms. The van der Waals surface area contributed by atoms with E-state index in [1.54, 1.807) is 6.07 Å². The number of rotatable bonds is 10. The van der Waals surface area contributed by atoms with Crippen molar-refractivity contribution in [3.8, 4) is 17.7 Å². The van der Waals surface area contributed by atoms with Crippen molar-refractivity contribution >= 4 is 29.0 Å². The molecule has 0 bridgehead atoms. The van der Waals surface area contributed by atoms with Crippen molar-refractivity contribution in [3.05, 3.63) is 67.4 Å². The predicted octanol–water partition coefficient (Wildman–Crippen LogP) is 5.42. The summed E-state index contributed by atoms with van der Waals surface area (Å²) >= 11 is 12.6. The minimum absolute atomic E-state index is 0.0633. The van der Waals surface area contributed by atoms with Gasteiger partial charge in [0, 0.05) is 12.1 Å². The third-order valence-electron chi connectivity index (χ3n) is 4.84. The first-order valence-corrected chi connectivity index (χ1v) is 10.7. The average Bonchev–Trinajstić information content (AvgIpc) is 2.72. The van der Waals surface area contributed by atoms with E-state index in [1.165, 1.54) is 25.1 Å². The first-order valence-electron chi connectivity index (χ1n) is 9.92. The molecule has 2 aromatic rings. The maximum Gasteiger partial charge on any atom is 0.271 e. The second-order valence-corrected chi connectivity index (χ2v) is 7.84. The minimum atomic E-state index is -0.697. The third kappa shape index (κ3) is 5.30. The number of hydrogen-bond acceptors (Lipinski definition) is 5. The van der Waals surface area contributed by atoms with Crippen LogP contribution in [0.4, 0.5) is 0 Å². The molecule has 2 rings (SSSR count). The molecule has 0 fully saturated rings. The highest BCUT2D eigenvalue weighted by molar-refractivity contribution is 6.38. The molecule has 0 unspecified atom stereocenters. The molecule has 8 heteroatoms. The van der Waals surface area contributed by atoms with Crippen LogP contribution in [-0.4, -0.2) is 22.1 Å². The molecule has 1 aromatic heterocycles. The molecule has 0 atom stereocenters. The van der Waals surface area contributed by atoms with Crippen LogP contribution in [0.1, 0.15) is 59.7 Å². The highest BCUT2D eigenvalue weighted by Gasteiger charge is 2.25. The summed E-state index contributed by atoms with van der Waals surface area (Å²) in [5.74, 6) is -0.885. The molecule has 1 N–H and O–H groups in total. The highest BCUT2D eigenvalue weighted by atomic mass is 35.5.